The average Bonchev–Trinajstić information content (AvgIpc) is 2.77. The van der Waals surface area contributed by atoms with Crippen LogP contribution in [0.1, 0.15) is 0 Å². The Bertz CT molecular complexity index is 1030. The van der Waals surface area contributed by atoms with Gasteiger partial charge >= 0.3 is 0 Å². The van der Waals surface area contributed by atoms with Crippen LogP contribution in [0.25, 0.3) is 10.9 Å². The van der Waals surface area contributed by atoms with Crippen molar-refractivity contribution in [1.82, 2.24) is 25.2 Å². The Kier molecular flexibility index (Phi) is 5.81. The highest BCUT2D eigenvalue weighted by atomic mass is 16.2. The molecule has 0 bridgehead atoms. The summed E-state index contributed by atoms with van der Waals surface area (Å²) >= 11 is 0. The van der Waals surface area contributed by atoms with Crippen LogP contribution in [0.3, 0.4) is 0 Å². The number of amides is 1. The van der Waals surface area contributed by atoms with Crippen LogP contribution in [0, 0.1) is 0 Å². The standard InChI is InChI=1S/C21H24N6O2/c28-20(16-27-21(29)18-8-4-5-9-19(18)23-24-27)22-10-11-25-12-14-26(15-13-25)17-6-2-1-3-7-17/h1-9H,10-16H2,(H,22,28). The quantitative estimate of drug-likeness (QED) is 0.666. The summed E-state index contributed by atoms with van der Waals surface area (Å²) in [5, 5.41) is 11.2. The number of rotatable bonds is 6. The number of hydrogen-bond acceptors (Lipinski definition) is 6. The lowest BCUT2D eigenvalue weighted by molar-refractivity contribution is -0.122. The maximum absolute atomic E-state index is 12.4. The number of para-hydroxylation sites is 1. The van der Waals surface area contributed by atoms with Crippen molar-refractivity contribution in [2.75, 3.05) is 44.2 Å². The van der Waals surface area contributed by atoms with E-state index in [1.165, 1.54) is 5.69 Å². The molecule has 2 heterocycles. The van der Waals surface area contributed by atoms with Crippen LogP contribution in [0.4, 0.5) is 5.69 Å². The molecule has 0 aliphatic carbocycles. The van der Waals surface area contributed by atoms with E-state index in [1.807, 2.05) is 6.07 Å². The number of aromatic nitrogens is 3. The molecule has 0 saturated carbocycles. The van der Waals surface area contributed by atoms with Crippen molar-refractivity contribution in [3.8, 4) is 0 Å². The summed E-state index contributed by atoms with van der Waals surface area (Å²) in [6.07, 6.45) is 0. The number of piperazine rings is 1. The Labute approximate surface area is 168 Å². The van der Waals surface area contributed by atoms with Gasteiger partial charge in [-0.1, -0.05) is 35.5 Å². The van der Waals surface area contributed by atoms with Gasteiger partial charge in [0.2, 0.25) is 5.91 Å². The number of anilines is 1. The molecule has 0 radical (unpaired) electrons. The molecule has 1 saturated heterocycles. The molecule has 29 heavy (non-hydrogen) atoms. The Morgan fingerprint density at radius 1 is 0.966 bits per heavy atom. The second-order valence-corrected chi connectivity index (χ2v) is 7.08. The molecule has 1 aliphatic rings. The van der Waals surface area contributed by atoms with Crippen molar-refractivity contribution in [2.45, 2.75) is 6.54 Å². The van der Waals surface area contributed by atoms with Crippen LogP contribution < -0.4 is 15.8 Å². The lowest BCUT2D eigenvalue weighted by Crippen LogP contribution is -2.48. The van der Waals surface area contributed by atoms with Crippen LogP contribution in [-0.4, -0.2) is 65.1 Å². The van der Waals surface area contributed by atoms with Crippen LogP contribution in [-0.2, 0) is 11.3 Å². The Balaban J connectivity index is 1.23. The van der Waals surface area contributed by atoms with Gasteiger partial charge in [0.05, 0.1) is 5.39 Å². The van der Waals surface area contributed by atoms with Gasteiger partial charge in [0.25, 0.3) is 5.56 Å². The highest BCUT2D eigenvalue weighted by Crippen LogP contribution is 2.15. The lowest BCUT2D eigenvalue weighted by atomic mass is 10.2. The molecule has 150 valence electrons. The second-order valence-electron chi connectivity index (χ2n) is 7.08. The van der Waals surface area contributed by atoms with Gasteiger partial charge in [-0.3, -0.25) is 14.5 Å². The van der Waals surface area contributed by atoms with Crippen molar-refractivity contribution in [1.29, 1.82) is 0 Å². The SMILES string of the molecule is O=C(Cn1nnc2ccccc2c1=O)NCCN1CCN(c2ccccc2)CC1. The third-order valence-corrected chi connectivity index (χ3v) is 5.17. The fourth-order valence-corrected chi connectivity index (χ4v) is 3.54. The summed E-state index contributed by atoms with van der Waals surface area (Å²) < 4.78 is 1.11. The summed E-state index contributed by atoms with van der Waals surface area (Å²) in [6, 6.07) is 17.4. The van der Waals surface area contributed by atoms with Crippen LogP contribution in [0.5, 0.6) is 0 Å². The van der Waals surface area contributed by atoms with E-state index in [2.05, 4.69) is 49.7 Å². The highest BCUT2D eigenvalue weighted by molar-refractivity contribution is 5.78. The van der Waals surface area contributed by atoms with Gasteiger partial charge in [-0.25, -0.2) is 4.68 Å². The summed E-state index contributed by atoms with van der Waals surface area (Å²) in [5.74, 6) is -0.236. The molecule has 0 spiro atoms. The van der Waals surface area contributed by atoms with Crippen LogP contribution >= 0.6 is 0 Å². The highest BCUT2D eigenvalue weighted by Gasteiger charge is 2.17. The zero-order chi connectivity index (χ0) is 20.1. The van der Waals surface area contributed by atoms with Crippen LogP contribution in [0.15, 0.2) is 59.4 Å². The van der Waals surface area contributed by atoms with E-state index >= 15 is 0 Å². The molecule has 1 amide bonds. The van der Waals surface area contributed by atoms with Crippen molar-refractivity contribution in [3.63, 3.8) is 0 Å². The zero-order valence-corrected chi connectivity index (χ0v) is 16.2. The fourth-order valence-electron chi connectivity index (χ4n) is 3.54. The molecular weight excluding hydrogens is 368 g/mol. The topological polar surface area (TPSA) is 83.4 Å². The van der Waals surface area contributed by atoms with Gasteiger partial charge in [-0.15, -0.1) is 5.10 Å². The first-order chi connectivity index (χ1) is 14.2. The van der Waals surface area contributed by atoms with E-state index in [1.54, 1.807) is 24.3 Å². The molecule has 8 nitrogen and oxygen atoms in total. The first-order valence-electron chi connectivity index (χ1n) is 9.82. The molecule has 1 fully saturated rings. The minimum atomic E-state index is -0.303. The smallest absolute Gasteiger partial charge is 0.278 e. The Morgan fingerprint density at radius 2 is 1.69 bits per heavy atom. The molecule has 2 aromatic carbocycles. The third-order valence-electron chi connectivity index (χ3n) is 5.17. The number of hydrogen-bond donors (Lipinski definition) is 1. The molecule has 1 aliphatic heterocycles. The largest absolute Gasteiger partial charge is 0.369 e. The van der Waals surface area contributed by atoms with Gasteiger partial charge in [0.1, 0.15) is 12.1 Å². The zero-order valence-electron chi connectivity index (χ0n) is 16.2. The van der Waals surface area contributed by atoms with Crippen molar-refractivity contribution in [3.05, 3.63) is 65.0 Å². The lowest BCUT2D eigenvalue weighted by Gasteiger charge is -2.36. The molecule has 8 heteroatoms. The van der Waals surface area contributed by atoms with E-state index in [9.17, 15) is 9.59 Å². The van der Waals surface area contributed by atoms with Gasteiger partial charge < -0.3 is 10.2 Å². The fraction of sp³-hybridized carbons (Fsp3) is 0.333. The van der Waals surface area contributed by atoms with E-state index in [-0.39, 0.29) is 18.0 Å². The number of nitrogens with zero attached hydrogens (tertiary/aromatic N) is 5. The number of carbonyl (C=O) groups excluding carboxylic acids is 1. The van der Waals surface area contributed by atoms with E-state index in [4.69, 9.17) is 0 Å². The van der Waals surface area contributed by atoms with Crippen molar-refractivity contribution < 1.29 is 4.79 Å². The second kappa shape index (κ2) is 8.83. The first kappa shape index (κ1) is 19.1. The van der Waals surface area contributed by atoms with Gasteiger partial charge in [-0.05, 0) is 24.3 Å². The molecule has 0 atom stereocenters. The Hall–Kier alpha value is -3.26. The minimum Gasteiger partial charge on any atom is -0.369 e. The average molecular weight is 392 g/mol. The summed E-state index contributed by atoms with van der Waals surface area (Å²) in [7, 11) is 0. The first-order valence-corrected chi connectivity index (χ1v) is 9.82. The number of benzene rings is 2. The number of fused-ring (bicyclic) bond motifs is 1. The van der Waals surface area contributed by atoms with Gasteiger partial charge in [-0.2, -0.15) is 0 Å². The van der Waals surface area contributed by atoms with Crippen molar-refractivity contribution in [2.24, 2.45) is 0 Å². The summed E-state index contributed by atoms with van der Waals surface area (Å²) in [6.45, 7) is 5.06. The van der Waals surface area contributed by atoms with Gasteiger partial charge in [0.15, 0.2) is 0 Å². The molecule has 1 aromatic heterocycles. The number of carbonyl (C=O) groups is 1. The van der Waals surface area contributed by atoms with Crippen molar-refractivity contribution >= 4 is 22.5 Å². The predicted octanol–water partition coefficient (Wildman–Crippen LogP) is 0.730. The minimum absolute atomic E-state index is 0.127. The normalized spacial score (nSPS) is 14.8. The van der Waals surface area contributed by atoms with Crippen LogP contribution in [0.2, 0.25) is 0 Å². The maximum Gasteiger partial charge on any atom is 0.278 e. The molecular formula is C21H24N6O2. The number of nitrogens with one attached hydrogen (secondary N) is 1. The van der Waals surface area contributed by atoms with Gasteiger partial charge in [0, 0.05) is 45.0 Å². The van der Waals surface area contributed by atoms with E-state index in [0.29, 0.717) is 17.4 Å². The monoisotopic (exact) mass is 392 g/mol. The molecule has 3 aromatic rings. The predicted molar refractivity (Wildman–Crippen MR) is 112 cm³/mol. The maximum atomic E-state index is 12.4. The molecule has 0 unspecified atom stereocenters. The van der Waals surface area contributed by atoms with E-state index < -0.39 is 0 Å². The Morgan fingerprint density at radius 3 is 2.48 bits per heavy atom. The summed E-state index contributed by atoms with van der Waals surface area (Å²) in [4.78, 5) is 29.3. The summed E-state index contributed by atoms with van der Waals surface area (Å²) in [5.41, 5.74) is 1.48. The molecule has 4 rings (SSSR count). The third kappa shape index (κ3) is 4.60. The molecule has 1 N–H and O–H groups in total. The van der Waals surface area contributed by atoms with E-state index in [0.717, 1.165) is 37.4 Å².